The molecule has 5 nitrogen and oxygen atoms in total. The molecule has 6 heteroatoms. The lowest BCUT2D eigenvalue weighted by Gasteiger charge is -2.27. The monoisotopic (exact) mass is 824 g/mol. The highest BCUT2D eigenvalue weighted by molar-refractivity contribution is 7.25. The van der Waals surface area contributed by atoms with E-state index in [1.54, 1.807) is 11.3 Å². The summed E-state index contributed by atoms with van der Waals surface area (Å²) in [4.78, 5) is 18.1. The van der Waals surface area contributed by atoms with Gasteiger partial charge in [-0.15, -0.1) is 11.3 Å². The van der Waals surface area contributed by atoms with Crippen molar-refractivity contribution in [3.05, 3.63) is 218 Å². The van der Waals surface area contributed by atoms with Gasteiger partial charge in [0.15, 0.2) is 17.5 Å². The van der Waals surface area contributed by atoms with Crippen LogP contribution in [0.4, 0.5) is 17.1 Å². The first-order valence-electron chi connectivity index (χ1n) is 21.0. The van der Waals surface area contributed by atoms with Gasteiger partial charge >= 0.3 is 0 Å². The van der Waals surface area contributed by atoms with Crippen LogP contribution in [0.25, 0.3) is 98.5 Å². The minimum atomic E-state index is 0.539. The summed E-state index contributed by atoms with van der Waals surface area (Å²) in [6, 6.07) is 76.3. The van der Waals surface area contributed by atoms with Gasteiger partial charge in [0.2, 0.25) is 0 Å². The molecule has 296 valence electrons. The number of hydrogen-bond acceptors (Lipinski definition) is 6. The third kappa shape index (κ3) is 6.52. The Balaban J connectivity index is 1.08. The molecular formula is C57H36N4OS. The van der Waals surface area contributed by atoms with Crippen molar-refractivity contribution in [3.63, 3.8) is 0 Å². The van der Waals surface area contributed by atoms with Crippen LogP contribution in [0.3, 0.4) is 0 Å². The Bertz CT molecular complexity index is 3520. The Morgan fingerprint density at radius 2 is 0.857 bits per heavy atom. The van der Waals surface area contributed by atoms with E-state index in [1.165, 1.54) is 25.9 Å². The van der Waals surface area contributed by atoms with Gasteiger partial charge < -0.3 is 9.32 Å². The quantitative estimate of drug-likeness (QED) is 0.153. The van der Waals surface area contributed by atoms with E-state index in [1.807, 2.05) is 42.5 Å². The standard InChI is InChI=1S/C57H36N4OS/c1-4-15-37(16-5-1)39-27-31-42(32-28-39)61(43-33-29-40(30-34-43)38-17-6-2-7-18-38)48-36-35-47(54-53(48)44-21-10-12-24-49(44)62-54)57-59-55(41-19-8-3-9-20-41)58-56(60-57)46-23-14-26-51-52(46)45-22-11-13-25-50(45)63-51/h1-36H. The smallest absolute Gasteiger partial charge is 0.167 e. The van der Waals surface area contributed by atoms with E-state index in [4.69, 9.17) is 19.4 Å². The molecule has 0 saturated carbocycles. The van der Waals surface area contributed by atoms with Crippen molar-refractivity contribution in [2.75, 3.05) is 4.90 Å². The normalized spacial score (nSPS) is 11.5. The van der Waals surface area contributed by atoms with E-state index in [0.717, 1.165) is 66.6 Å². The average molecular weight is 825 g/mol. The SMILES string of the molecule is c1ccc(-c2ccc(N(c3ccc(-c4ccccc4)cc3)c3ccc(-c4nc(-c5ccccc5)nc(-c5cccc6sc7ccccc7c56)n4)c4oc5ccccc5c34)cc2)cc1. The Morgan fingerprint density at radius 1 is 0.349 bits per heavy atom. The molecule has 0 unspecified atom stereocenters. The minimum Gasteiger partial charge on any atom is -0.455 e. The summed E-state index contributed by atoms with van der Waals surface area (Å²) in [6.45, 7) is 0. The average Bonchev–Trinajstić information content (AvgIpc) is 3.95. The molecule has 0 fully saturated rings. The molecule has 12 aromatic rings. The van der Waals surface area contributed by atoms with E-state index in [2.05, 4.69) is 181 Å². The number of anilines is 3. The molecule has 12 rings (SSSR count). The predicted octanol–water partition coefficient (Wildman–Crippen LogP) is 15.9. The molecule has 9 aromatic carbocycles. The molecule has 0 N–H and O–H groups in total. The first kappa shape index (κ1) is 36.6. The Labute approximate surface area is 367 Å². The number of nitrogens with zero attached hydrogens (tertiary/aromatic N) is 4. The van der Waals surface area contributed by atoms with Crippen LogP contribution in [0, 0.1) is 0 Å². The largest absolute Gasteiger partial charge is 0.455 e. The van der Waals surface area contributed by atoms with Gasteiger partial charge in [0.1, 0.15) is 11.2 Å². The van der Waals surface area contributed by atoms with Gasteiger partial charge in [-0.25, -0.2) is 15.0 Å². The zero-order valence-corrected chi connectivity index (χ0v) is 34.7. The van der Waals surface area contributed by atoms with Crippen molar-refractivity contribution in [1.29, 1.82) is 0 Å². The van der Waals surface area contributed by atoms with E-state index >= 15 is 0 Å². The van der Waals surface area contributed by atoms with Gasteiger partial charge in [-0.1, -0.05) is 164 Å². The van der Waals surface area contributed by atoms with Crippen LogP contribution in [-0.2, 0) is 0 Å². The minimum absolute atomic E-state index is 0.539. The Kier molecular flexibility index (Phi) is 8.94. The number of benzene rings is 9. The fourth-order valence-corrected chi connectivity index (χ4v) is 9.89. The lowest BCUT2D eigenvalue weighted by molar-refractivity contribution is 0.669. The maximum atomic E-state index is 6.94. The first-order valence-corrected chi connectivity index (χ1v) is 21.8. The number of fused-ring (bicyclic) bond motifs is 6. The van der Waals surface area contributed by atoms with Gasteiger partial charge in [-0.3, -0.25) is 0 Å². The number of thiophene rings is 1. The number of aromatic nitrogens is 3. The maximum absolute atomic E-state index is 6.94. The lowest BCUT2D eigenvalue weighted by atomic mass is 10.0. The lowest BCUT2D eigenvalue weighted by Crippen LogP contribution is -2.10. The maximum Gasteiger partial charge on any atom is 0.167 e. The molecule has 3 aromatic heterocycles. The summed E-state index contributed by atoms with van der Waals surface area (Å²) in [5.74, 6) is 1.75. The molecule has 0 saturated heterocycles. The van der Waals surface area contributed by atoms with Crippen LogP contribution in [0.2, 0.25) is 0 Å². The van der Waals surface area contributed by atoms with Gasteiger partial charge in [0, 0.05) is 48.1 Å². The van der Waals surface area contributed by atoms with Gasteiger partial charge in [0.25, 0.3) is 0 Å². The first-order chi connectivity index (χ1) is 31.2. The molecule has 3 heterocycles. The summed E-state index contributed by atoms with van der Waals surface area (Å²) in [6.07, 6.45) is 0. The zero-order chi connectivity index (χ0) is 41.7. The Hall–Kier alpha value is -8.19. The van der Waals surface area contributed by atoms with Crippen LogP contribution in [0.15, 0.2) is 223 Å². The van der Waals surface area contributed by atoms with Crippen molar-refractivity contribution < 1.29 is 4.42 Å². The van der Waals surface area contributed by atoms with Crippen LogP contribution >= 0.6 is 11.3 Å². The molecule has 0 amide bonds. The predicted molar refractivity (Wildman–Crippen MR) is 262 cm³/mol. The fourth-order valence-electron chi connectivity index (χ4n) is 8.76. The molecule has 0 radical (unpaired) electrons. The molecule has 0 atom stereocenters. The molecule has 0 aliphatic heterocycles. The van der Waals surface area contributed by atoms with E-state index in [0.29, 0.717) is 23.1 Å². The summed E-state index contributed by atoms with van der Waals surface area (Å²) < 4.78 is 9.35. The number of para-hydroxylation sites is 1. The van der Waals surface area contributed by atoms with Gasteiger partial charge in [-0.2, -0.15) is 0 Å². The van der Waals surface area contributed by atoms with E-state index < -0.39 is 0 Å². The third-order valence-corrected chi connectivity index (χ3v) is 12.9. The zero-order valence-electron chi connectivity index (χ0n) is 33.9. The second-order valence-corrected chi connectivity index (χ2v) is 16.6. The summed E-state index contributed by atoms with van der Waals surface area (Å²) in [7, 11) is 0. The second-order valence-electron chi connectivity index (χ2n) is 15.5. The molecule has 0 aliphatic carbocycles. The van der Waals surface area contributed by atoms with Crippen molar-refractivity contribution in [3.8, 4) is 56.4 Å². The fraction of sp³-hybridized carbons (Fsp3) is 0. The van der Waals surface area contributed by atoms with E-state index in [-0.39, 0.29) is 0 Å². The summed E-state index contributed by atoms with van der Waals surface area (Å²) in [5.41, 5.74) is 11.8. The van der Waals surface area contributed by atoms with Crippen LogP contribution in [0.1, 0.15) is 0 Å². The van der Waals surface area contributed by atoms with Crippen molar-refractivity contribution in [2.24, 2.45) is 0 Å². The second kappa shape index (κ2) is 15.4. The number of hydrogen-bond donors (Lipinski definition) is 0. The summed E-state index contributed by atoms with van der Waals surface area (Å²) in [5, 5.41) is 4.31. The molecule has 0 aliphatic rings. The highest BCUT2D eigenvalue weighted by atomic mass is 32.1. The Morgan fingerprint density at radius 3 is 1.51 bits per heavy atom. The molecular weight excluding hydrogens is 789 g/mol. The highest BCUT2D eigenvalue weighted by Gasteiger charge is 2.25. The van der Waals surface area contributed by atoms with Crippen molar-refractivity contribution in [1.82, 2.24) is 15.0 Å². The highest BCUT2D eigenvalue weighted by Crippen LogP contribution is 2.47. The van der Waals surface area contributed by atoms with Gasteiger partial charge in [0.05, 0.1) is 16.6 Å². The van der Waals surface area contributed by atoms with Crippen LogP contribution in [0.5, 0.6) is 0 Å². The number of furan rings is 1. The summed E-state index contributed by atoms with van der Waals surface area (Å²) >= 11 is 1.78. The number of rotatable bonds is 8. The molecule has 0 spiro atoms. The van der Waals surface area contributed by atoms with E-state index in [9.17, 15) is 0 Å². The topological polar surface area (TPSA) is 55.1 Å². The molecule has 0 bridgehead atoms. The molecule has 63 heavy (non-hydrogen) atoms. The van der Waals surface area contributed by atoms with Crippen LogP contribution < -0.4 is 4.90 Å². The van der Waals surface area contributed by atoms with Gasteiger partial charge in [-0.05, 0) is 76.9 Å². The van der Waals surface area contributed by atoms with Crippen molar-refractivity contribution >= 4 is 70.5 Å². The third-order valence-electron chi connectivity index (χ3n) is 11.8. The van der Waals surface area contributed by atoms with Crippen molar-refractivity contribution in [2.45, 2.75) is 0 Å². The van der Waals surface area contributed by atoms with Crippen LogP contribution in [-0.4, -0.2) is 15.0 Å².